The van der Waals surface area contributed by atoms with E-state index in [4.69, 9.17) is 15.7 Å². The van der Waals surface area contributed by atoms with Crippen molar-refractivity contribution in [1.29, 1.82) is 5.26 Å². The van der Waals surface area contributed by atoms with Crippen molar-refractivity contribution in [3.63, 3.8) is 0 Å². The average molecular weight is 422 g/mol. The molecule has 0 heterocycles. The molecule has 162 valence electrons. The normalized spacial score (nSPS) is 12.3. The number of carbonyl (C=O) groups excluding carboxylic acids is 3. The number of hydrogen-bond acceptors (Lipinski definition) is 5. The smallest absolute Gasteiger partial charge is 0.408 e. The SMILES string of the molecule is CC(C)[C@H](NC(=O)OCc1ccccc1)C(=O)N[C@H](Cc1cccc(C#N)c1)C(N)=O. The molecule has 2 rings (SSSR count). The Labute approximate surface area is 181 Å². The number of nitrogens with two attached hydrogens (primary N) is 1. The van der Waals surface area contributed by atoms with E-state index in [2.05, 4.69) is 10.6 Å². The minimum Gasteiger partial charge on any atom is -0.445 e. The number of amides is 3. The highest BCUT2D eigenvalue weighted by Gasteiger charge is 2.28. The number of ether oxygens (including phenoxy) is 1. The van der Waals surface area contributed by atoms with Crippen LogP contribution < -0.4 is 16.4 Å². The van der Waals surface area contributed by atoms with Gasteiger partial charge in [0.2, 0.25) is 11.8 Å². The molecular weight excluding hydrogens is 396 g/mol. The molecule has 8 nitrogen and oxygen atoms in total. The number of rotatable bonds is 9. The number of nitrogens with zero attached hydrogens (tertiary/aromatic N) is 1. The zero-order valence-electron chi connectivity index (χ0n) is 17.5. The summed E-state index contributed by atoms with van der Waals surface area (Å²) in [5, 5.41) is 14.2. The fourth-order valence-corrected chi connectivity index (χ4v) is 2.91. The molecule has 2 aromatic rings. The zero-order chi connectivity index (χ0) is 22.8. The van der Waals surface area contributed by atoms with E-state index in [1.54, 1.807) is 38.1 Å². The molecule has 0 radical (unpaired) electrons. The third kappa shape index (κ3) is 7.48. The Morgan fingerprint density at radius 1 is 1.03 bits per heavy atom. The second-order valence-electron chi connectivity index (χ2n) is 7.41. The van der Waals surface area contributed by atoms with Crippen LogP contribution in [-0.4, -0.2) is 30.0 Å². The predicted molar refractivity (Wildman–Crippen MR) is 114 cm³/mol. The Bertz CT molecular complexity index is 954. The van der Waals surface area contributed by atoms with Crippen molar-refractivity contribution in [3.05, 3.63) is 71.3 Å². The quantitative estimate of drug-likeness (QED) is 0.568. The molecule has 0 unspecified atom stereocenters. The van der Waals surface area contributed by atoms with Crippen molar-refractivity contribution in [1.82, 2.24) is 10.6 Å². The molecule has 0 aromatic heterocycles. The number of alkyl carbamates (subject to hydrolysis) is 1. The summed E-state index contributed by atoms with van der Waals surface area (Å²) in [5.74, 6) is -1.53. The number of primary amides is 1. The first-order valence-electron chi connectivity index (χ1n) is 9.86. The van der Waals surface area contributed by atoms with Crippen LogP contribution in [0.5, 0.6) is 0 Å². The van der Waals surface area contributed by atoms with Gasteiger partial charge in [0.1, 0.15) is 18.7 Å². The molecular formula is C23H26N4O4. The molecule has 0 aliphatic rings. The van der Waals surface area contributed by atoms with Crippen LogP contribution in [0.25, 0.3) is 0 Å². The molecule has 31 heavy (non-hydrogen) atoms. The Kier molecular flexibility index (Phi) is 8.58. The van der Waals surface area contributed by atoms with Gasteiger partial charge in [-0.05, 0) is 29.2 Å². The second-order valence-corrected chi connectivity index (χ2v) is 7.41. The van der Waals surface area contributed by atoms with Crippen LogP contribution >= 0.6 is 0 Å². The largest absolute Gasteiger partial charge is 0.445 e. The highest BCUT2D eigenvalue weighted by Crippen LogP contribution is 2.09. The molecule has 0 bridgehead atoms. The lowest BCUT2D eigenvalue weighted by atomic mass is 10.0. The molecule has 3 amide bonds. The molecule has 8 heteroatoms. The molecule has 2 aromatic carbocycles. The molecule has 2 atom stereocenters. The van der Waals surface area contributed by atoms with Crippen molar-refractivity contribution < 1.29 is 19.1 Å². The van der Waals surface area contributed by atoms with Gasteiger partial charge in [-0.2, -0.15) is 5.26 Å². The maximum absolute atomic E-state index is 12.8. The zero-order valence-corrected chi connectivity index (χ0v) is 17.5. The summed E-state index contributed by atoms with van der Waals surface area (Å²) in [6.07, 6.45) is -0.616. The van der Waals surface area contributed by atoms with E-state index in [0.717, 1.165) is 5.56 Å². The van der Waals surface area contributed by atoms with Gasteiger partial charge < -0.3 is 21.1 Å². The Morgan fingerprint density at radius 2 is 1.71 bits per heavy atom. The first kappa shape index (κ1) is 23.4. The molecule has 0 saturated heterocycles. The van der Waals surface area contributed by atoms with E-state index in [1.807, 2.05) is 36.4 Å². The highest BCUT2D eigenvalue weighted by molar-refractivity contribution is 5.91. The van der Waals surface area contributed by atoms with Crippen molar-refractivity contribution in [2.24, 2.45) is 11.7 Å². The van der Waals surface area contributed by atoms with Crippen LogP contribution in [0.1, 0.15) is 30.5 Å². The van der Waals surface area contributed by atoms with Gasteiger partial charge in [0, 0.05) is 6.42 Å². The van der Waals surface area contributed by atoms with E-state index in [-0.39, 0.29) is 18.9 Å². The number of nitriles is 1. The molecule has 0 spiro atoms. The summed E-state index contributed by atoms with van der Waals surface area (Å²) < 4.78 is 5.18. The fourth-order valence-electron chi connectivity index (χ4n) is 2.91. The summed E-state index contributed by atoms with van der Waals surface area (Å²) in [6.45, 7) is 3.59. The Morgan fingerprint density at radius 3 is 2.32 bits per heavy atom. The first-order valence-corrected chi connectivity index (χ1v) is 9.86. The third-order valence-electron chi connectivity index (χ3n) is 4.59. The van der Waals surface area contributed by atoms with E-state index >= 15 is 0 Å². The molecule has 0 saturated carbocycles. The highest BCUT2D eigenvalue weighted by atomic mass is 16.5. The van der Waals surface area contributed by atoms with Crippen LogP contribution in [0.3, 0.4) is 0 Å². The van der Waals surface area contributed by atoms with Gasteiger partial charge >= 0.3 is 6.09 Å². The molecule has 0 fully saturated rings. The van der Waals surface area contributed by atoms with Gasteiger partial charge in [-0.3, -0.25) is 9.59 Å². The van der Waals surface area contributed by atoms with Gasteiger partial charge in [0.25, 0.3) is 0 Å². The number of nitrogens with one attached hydrogen (secondary N) is 2. The number of benzene rings is 2. The van der Waals surface area contributed by atoms with E-state index in [0.29, 0.717) is 11.1 Å². The van der Waals surface area contributed by atoms with E-state index in [9.17, 15) is 14.4 Å². The molecule has 0 aliphatic carbocycles. The third-order valence-corrected chi connectivity index (χ3v) is 4.59. The average Bonchev–Trinajstić information content (AvgIpc) is 2.76. The van der Waals surface area contributed by atoms with Crippen molar-refractivity contribution in [3.8, 4) is 6.07 Å². The van der Waals surface area contributed by atoms with Gasteiger partial charge in [-0.15, -0.1) is 0 Å². The lowest BCUT2D eigenvalue weighted by Crippen LogP contribution is -2.55. The summed E-state index contributed by atoms with van der Waals surface area (Å²) in [6, 6.07) is 16.0. The Hall–Kier alpha value is -3.86. The first-order chi connectivity index (χ1) is 14.8. The van der Waals surface area contributed by atoms with Gasteiger partial charge in [0.15, 0.2) is 0 Å². The lowest BCUT2D eigenvalue weighted by molar-refractivity contribution is -0.129. The molecule has 0 aliphatic heterocycles. The van der Waals surface area contributed by atoms with Gasteiger partial charge in [-0.1, -0.05) is 56.3 Å². The van der Waals surface area contributed by atoms with Gasteiger partial charge in [-0.25, -0.2) is 4.79 Å². The minimum atomic E-state index is -0.996. The van der Waals surface area contributed by atoms with E-state index in [1.165, 1.54) is 0 Å². The van der Waals surface area contributed by atoms with Crippen LogP contribution in [0.2, 0.25) is 0 Å². The maximum Gasteiger partial charge on any atom is 0.408 e. The van der Waals surface area contributed by atoms with Gasteiger partial charge in [0.05, 0.1) is 11.6 Å². The Balaban J connectivity index is 2.00. The molecule has 4 N–H and O–H groups in total. The predicted octanol–water partition coefficient (Wildman–Crippen LogP) is 2.02. The monoisotopic (exact) mass is 422 g/mol. The van der Waals surface area contributed by atoms with E-state index < -0.39 is 30.0 Å². The summed E-state index contributed by atoms with van der Waals surface area (Å²) in [4.78, 5) is 36.9. The van der Waals surface area contributed by atoms with Crippen molar-refractivity contribution >= 4 is 17.9 Å². The summed E-state index contributed by atoms with van der Waals surface area (Å²) >= 11 is 0. The minimum absolute atomic E-state index is 0.0677. The number of hydrogen-bond donors (Lipinski definition) is 3. The topological polar surface area (TPSA) is 134 Å². The number of carbonyl (C=O) groups is 3. The fraction of sp³-hybridized carbons (Fsp3) is 0.304. The summed E-state index contributed by atoms with van der Waals surface area (Å²) in [7, 11) is 0. The maximum atomic E-state index is 12.8. The van der Waals surface area contributed by atoms with Crippen LogP contribution in [0.15, 0.2) is 54.6 Å². The lowest BCUT2D eigenvalue weighted by Gasteiger charge is -2.24. The van der Waals surface area contributed by atoms with Crippen LogP contribution in [0, 0.1) is 17.2 Å². The van der Waals surface area contributed by atoms with Crippen LogP contribution in [0.4, 0.5) is 4.79 Å². The van der Waals surface area contributed by atoms with Crippen LogP contribution in [-0.2, 0) is 27.4 Å². The second kappa shape index (κ2) is 11.4. The summed E-state index contributed by atoms with van der Waals surface area (Å²) in [5.41, 5.74) is 7.40. The van der Waals surface area contributed by atoms with Crippen molar-refractivity contribution in [2.75, 3.05) is 0 Å². The van der Waals surface area contributed by atoms with Crippen molar-refractivity contribution in [2.45, 2.75) is 39.0 Å². The standard InChI is InChI=1S/C23H26N4O4/c1-15(2)20(27-23(30)31-14-16-7-4-3-5-8-16)22(29)26-19(21(25)28)12-17-9-6-10-18(11-17)13-24/h3-11,15,19-20H,12,14H2,1-2H3,(H2,25,28)(H,26,29)(H,27,30)/t19-,20+/m1/s1.